The minimum Gasteiger partial charge on any atom is -0.478 e. The molecule has 1 aliphatic rings. The van der Waals surface area contributed by atoms with Crippen LogP contribution >= 0.6 is 0 Å². The Kier molecular flexibility index (Phi) is 3.90. The largest absolute Gasteiger partial charge is 0.478 e. The van der Waals surface area contributed by atoms with Gasteiger partial charge in [0.1, 0.15) is 0 Å². The van der Waals surface area contributed by atoms with E-state index in [4.69, 9.17) is 5.11 Å². The lowest BCUT2D eigenvalue weighted by molar-refractivity contribution is 0.0697. The van der Waals surface area contributed by atoms with Crippen LogP contribution in [0.1, 0.15) is 48.5 Å². The number of benzene rings is 1. The van der Waals surface area contributed by atoms with E-state index in [-0.39, 0.29) is 0 Å². The molecule has 0 atom stereocenters. The zero-order valence-electron chi connectivity index (χ0n) is 11.1. The third-order valence-electron chi connectivity index (χ3n) is 3.49. The fourth-order valence-electron chi connectivity index (χ4n) is 2.33. The summed E-state index contributed by atoms with van der Waals surface area (Å²) in [5, 5.41) is 8.99. The Bertz CT molecular complexity index is 438. The number of anilines is 1. The van der Waals surface area contributed by atoms with Gasteiger partial charge in [0.15, 0.2) is 0 Å². The van der Waals surface area contributed by atoms with E-state index in [0.717, 1.165) is 12.1 Å². The molecule has 2 rings (SSSR count). The summed E-state index contributed by atoms with van der Waals surface area (Å²) in [5.74, 6) is -0.851. The van der Waals surface area contributed by atoms with Crippen molar-refractivity contribution >= 4 is 11.7 Å². The average molecular weight is 247 g/mol. The highest BCUT2D eigenvalue weighted by molar-refractivity contribution is 5.88. The number of carbonyl (C=O) groups is 1. The summed E-state index contributed by atoms with van der Waals surface area (Å²) in [6, 6.07) is 6.13. The second-order valence-electron chi connectivity index (χ2n) is 5.08. The Morgan fingerprint density at radius 3 is 2.67 bits per heavy atom. The quantitative estimate of drug-likeness (QED) is 0.836. The highest BCUT2D eigenvalue weighted by atomic mass is 16.4. The Morgan fingerprint density at radius 2 is 2.17 bits per heavy atom. The van der Waals surface area contributed by atoms with Gasteiger partial charge in [-0.2, -0.15) is 0 Å². The van der Waals surface area contributed by atoms with E-state index in [1.165, 1.54) is 31.4 Å². The van der Waals surface area contributed by atoms with Gasteiger partial charge in [0.25, 0.3) is 0 Å². The summed E-state index contributed by atoms with van der Waals surface area (Å²) in [6.07, 6.45) is 4.92. The Labute approximate surface area is 108 Å². The monoisotopic (exact) mass is 247 g/mol. The van der Waals surface area contributed by atoms with Crippen LogP contribution in [0.4, 0.5) is 5.69 Å². The number of unbranched alkanes of at least 4 members (excludes halogenated alkanes) is 1. The number of rotatable bonds is 6. The molecule has 1 aromatic carbocycles. The van der Waals surface area contributed by atoms with E-state index in [2.05, 4.69) is 11.8 Å². The number of nitrogens with zero attached hydrogens (tertiary/aromatic N) is 1. The van der Waals surface area contributed by atoms with Crippen LogP contribution in [0.2, 0.25) is 0 Å². The molecule has 0 bridgehead atoms. The van der Waals surface area contributed by atoms with Gasteiger partial charge in [-0.1, -0.05) is 13.3 Å². The van der Waals surface area contributed by atoms with Gasteiger partial charge in [0, 0.05) is 18.3 Å². The molecule has 0 saturated heterocycles. The lowest BCUT2D eigenvalue weighted by atomic mass is 10.1. The zero-order valence-corrected chi connectivity index (χ0v) is 11.1. The number of carboxylic acid groups (broad SMARTS) is 1. The van der Waals surface area contributed by atoms with Gasteiger partial charge in [-0.05, 0) is 49.9 Å². The van der Waals surface area contributed by atoms with Crippen molar-refractivity contribution in [3.63, 3.8) is 0 Å². The van der Waals surface area contributed by atoms with E-state index in [9.17, 15) is 4.79 Å². The first kappa shape index (κ1) is 12.9. The van der Waals surface area contributed by atoms with E-state index in [1.807, 2.05) is 13.0 Å². The van der Waals surface area contributed by atoms with Crippen LogP contribution in [0, 0.1) is 6.92 Å². The predicted octanol–water partition coefficient (Wildman–Crippen LogP) is 3.46. The molecule has 1 fully saturated rings. The standard InChI is InChI=1S/C15H21NO2/c1-3-4-9-16(13-6-7-13)14-8-5-12(15(17)18)10-11(14)2/h5,8,10,13H,3-4,6-7,9H2,1-2H3,(H,17,18). The van der Waals surface area contributed by atoms with Crippen LogP contribution < -0.4 is 4.90 Å². The van der Waals surface area contributed by atoms with Crippen LogP contribution in [-0.2, 0) is 0 Å². The molecule has 0 heterocycles. The maximum absolute atomic E-state index is 10.9. The minimum atomic E-state index is -0.851. The van der Waals surface area contributed by atoms with Crippen molar-refractivity contribution in [1.29, 1.82) is 0 Å². The van der Waals surface area contributed by atoms with Gasteiger partial charge in [-0.25, -0.2) is 4.79 Å². The van der Waals surface area contributed by atoms with Crippen LogP contribution in [0.3, 0.4) is 0 Å². The molecule has 3 nitrogen and oxygen atoms in total. The van der Waals surface area contributed by atoms with Crippen molar-refractivity contribution in [1.82, 2.24) is 0 Å². The average Bonchev–Trinajstić information content (AvgIpc) is 3.15. The molecule has 1 aliphatic carbocycles. The van der Waals surface area contributed by atoms with Gasteiger partial charge in [-0.3, -0.25) is 0 Å². The van der Waals surface area contributed by atoms with E-state index < -0.39 is 5.97 Å². The van der Waals surface area contributed by atoms with E-state index in [0.29, 0.717) is 11.6 Å². The zero-order chi connectivity index (χ0) is 13.1. The topological polar surface area (TPSA) is 40.5 Å². The molecule has 0 aliphatic heterocycles. The number of carboxylic acids is 1. The van der Waals surface area contributed by atoms with Crippen LogP contribution in [0.25, 0.3) is 0 Å². The lowest BCUT2D eigenvalue weighted by Gasteiger charge is -2.26. The van der Waals surface area contributed by atoms with Crippen molar-refractivity contribution < 1.29 is 9.90 Å². The smallest absolute Gasteiger partial charge is 0.335 e. The van der Waals surface area contributed by atoms with Gasteiger partial charge < -0.3 is 10.0 Å². The third kappa shape index (κ3) is 2.84. The fraction of sp³-hybridized carbons (Fsp3) is 0.533. The third-order valence-corrected chi connectivity index (χ3v) is 3.49. The predicted molar refractivity (Wildman–Crippen MR) is 73.4 cm³/mol. The van der Waals surface area contributed by atoms with Crippen molar-refractivity contribution in [3.05, 3.63) is 29.3 Å². The molecule has 0 amide bonds. The number of aryl methyl sites for hydroxylation is 1. The summed E-state index contributed by atoms with van der Waals surface area (Å²) in [7, 11) is 0. The second kappa shape index (κ2) is 5.42. The summed E-state index contributed by atoms with van der Waals surface area (Å²) in [5.41, 5.74) is 2.65. The normalized spacial score (nSPS) is 14.6. The van der Waals surface area contributed by atoms with Gasteiger partial charge >= 0.3 is 5.97 Å². The first-order valence-corrected chi connectivity index (χ1v) is 6.74. The van der Waals surface area contributed by atoms with Gasteiger partial charge in [-0.15, -0.1) is 0 Å². The van der Waals surface area contributed by atoms with Gasteiger partial charge in [0.05, 0.1) is 5.56 Å². The lowest BCUT2D eigenvalue weighted by Crippen LogP contribution is -2.27. The molecule has 0 spiro atoms. The summed E-state index contributed by atoms with van der Waals surface area (Å²) in [6.45, 7) is 5.28. The minimum absolute atomic E-state index is 0.377. The maximum Gasteiger partial charge on any atom is 0.335 e. The molecule has 1 saturated carbocycles. The van der Waals surface area contributed by atoms with Crippen molar-refractivity contribution in [2.45, 2.75) is 45.6 Å². The van der Waals surface area contributed by atoms with Crippen molar-refractivity contribution in [2.24, 2.45) is 0 Å². The van der Waals surface area contributed by atoms with Crippen LogP contribution in [-0.4, -0.2) is 23.7 Å². The van der Waals surface area contributed by atoms with Crippen molar-refractivity contribution in [2.75, 3.05) is 11.4 Å². The SMILES string of the molecule is CCCCN(c1ccc(C(=O)O)cc1C)C1CC1. The first-order valence-electron chi connectivity index (χ1n) is 6.74. The number of hydrogen-bond acceptors (Lipinski definition) is 2. The molecule has 0 radical (unpaired) electrons. The Hall–Kier alpha value is -1.51. The molecule has 1 N–H and O–H groups in total. The molecular formula is C15H21NO2. The first-order chi connectivity index (χ1) is 8.63. The summed E-state index contributed by atoms with van der Waals surface area (Å²) in [4.78, 5) is 13.4. The number of aromatic carboxylic acids is 1. The molecule has 98 valence electrons. The second-order valence-corrected chi connectivity index (χ2v) is 5.08. The molecule has 18 heavy (non-hydrogen) atoms. The maximum atomic E-state index is 10.9. The highest BCUT2D eigenvalue weighted by Gasteiger charge is 2.29. The molecule has 3 heteroatoms. The Balaban J connectivity index is 2.21. The highest BCUT2D eigenvalue weighted by Crippen LogP contribution is 2.34. The molecular weight excluding hydrogens is 226 g/mol. The molecule has 0 unspecified atom stereocenters. The summed E-state index contributed by atoms with van der Waals surface area (Å²) >= 11 is 0. The Morgan fingerprint density at radius 1 is 1.44 bits per heavy atom. The molecule has 1 aromatic rings. The molecule has 0 aromatic heterocycles. The summed E-state index contributed by atoms with van der Waals surface area (Å²) < 4.78 is 0. The van der Waals surface area contributed by atoms with Gasteiger partial charge in [0.2, 0.25) is 0 Å². The van der Waals surface area contributed by atoms with Crippen LogP contribution in [0.5, 0.6) is 0 Å². The van der Waals surface area contributed by atoms with E-state index in [1.54, 1.807) is 12.1 Å². The fourth-order valence-corrected chi connectivity index (χ4v) is 2.33. The van der Waals surface area contributed by atoms with Crippen LogP contribution in [0.15, 0.2) is 18.2 Å². The number of hydrogen-bond donors (Lipinski definition) is 1. The van der Waals surface area contributed by atoms with Crippen molar-refractivity contribution in [3.8, 4) is 0 Å². The van der Waals surface area contributed by atoms with E-state index >= 15 is 0 Å².